The van der Waals surface area contributed by atoms with E-state index in [-0.39, 0.29) is 17.6 Å². The summed E-state index contributed by atoms with van der Waals surface area (Å²) in [7, 11) is -0.955. The predicted octanol–water partition coefficient (Wildman–Crippen LogP) is 1.31. The van der Waals surface area contributed by atoms with E-state index >= 15 is 0 Å². The number of carbonyl (C=O) groups excluding carboxylic acids is 1. The minimum atomic E-state index is -0.955. The zero-order chi connectivity index (χ0) is 14.7. The summed E-state index contributed by atoms with van der Waals surface area (Å²) in [5.74, 6) is 0.106. The van der Waals surface area contributed by atoms with Crippen LogP contribution in [0.2, 0.25) is 0 Å². The number of nitrogens with one attached hydrogen (secondary N) is 1. The fourth-order valence-electron chi connectivity index (χ4n) is 2.01. The highest BCUT2D eigenvalue weighted by molar-refractivity contribution is 7.84. The Labute approximate surface area is 120 Å². The van der Waals surface area contributed by atoms with Crippen LogP contribution in [0.1, 0.15) is 17.4 Å². The SMILES string of the molecule is CC(CS(C)=O)NC(=O)c1cc(N)c2ccccc2n1. The summed E-state index contributed by atoms with van der Waals surface area (Å²) < 4.78 is 11.1. The molecule has 1 heterocycles. The molecule has 2 atom stereocenters. The van der Waals surface area contributed by atoms with Crippen LogP contribution in [-0.4, -0.2) is 33.2 Å². The summed E-state index contributed by atoms with van der Waals surface area (Å²) in [5, 5.41) is 3.60. The first-order valence-electron chi connectivity index (χ1n) is 6.23. The van der Waals surface area contributed by atoms with Crippen molar-refractivity contribution in [1.82, 2.24) is 10.3 Å². The lowest BCUT2D eigenvalue weighted by molar-refractivity contribution is 0.0939. The van der Waals surface area contributed by atoms with E-state index in [1.165, 1.54) is 0 Å². The van der Waals surface area contributed by atoms with Gasteiger partial charge in [0.15, 0.2) is 0 Å². The maximum absolute atomic E-state index is 12.1. The summed E-state index contributed by atoms with van der Waals surface area (Å²) in [6, 6.07) is 8.78. The van der Waals surface area contributed by atoms with Crippen LogP contribution in [0.4, 0.5) is 5.69 Å². The first-order chi connectivity index (χ1) is 9.47. The average Bonchev–Trinajstić information content (AvgIpc) is 2.37. The van der Waals surface area contributed by atoms with Crippen LogP contribution in [0.25, 0.3) is 10.9 Å². The number of fused-ring (bicyclic) bond motifs is 1. The number of nitrogen functional groups attached to an aromatic ring is 1. The predicted molar refractivity (Wildman–Crippen MR) is 82.0 cm³/mol. The standard InChI is InChI=1S/C14H17N3O2S/c1-9(8-20(2)19)16-14(18)13-7-11(15)10-5-3-4-6-12(10)17-13/h3-7,9H,8H2,1-2H3,(H2,15,17)(H,16,18). The first kappa shape index (κ1) is 14.5. The highest BCUT2D eigenvalue weighted by atomic mass is 32.2. The van der Waals surface area contributed by atoms with E-state index in [0.717, 1.165) is 5.39 Å². The van der Waals surface area contributed by atoms with Gasteiger partial charge in [-0.3, -0.25) is 9.00 Å². The molecule has 3 N–H and O–H groups in total. The average molecular weight is 291 g/mol. The van der Waals surface area contributed by atoms with Gasteiger partial charge in [-0.05, 0) is 19.1 Å². The largest absolute Gasteiger partial charge is 0.398 e. The Bertz CT molecular complexity index is 673. The molecular weight excluding hydrogens is 274 g/mol. The highest BCUT2D eigenvalue weighted by Gasteiger charge is 2.14. The molecule has 0 aliphatic rings. The Kier molecular flexibility index (Phi) is 4.34. The van der Waals surface area contributed by atoms with Crippen molar-refractivity contribution in [1.29, 1.82) is 0 Å². The Morgan fingerprint density at radius 3 is 2.85 bits per heavy atom. The number of nitrogens with zero attached hydrogens (tertiary/aromatic N) is 1. The van der Waals surface area contributed by atoms with Crippen LogP contribution in [0, 0.1) is 0 Å². The minimum Gasteiger partial charge on any atom is -0.398 e. The molecule has 0 saturated carbocycles. The van der Waals surface area contributed by atoms with Crippen LogP contribution in [0.5, 0.6) is 0 Å². The van der Waals surface area contributed by atoms with Crippen molar-refractivity contribution < 1.29 is 9.00 Å². The first-order valence-corrected chi connectivity index (χ1v) is 7.96. The van der Waals surface area contributed by atoms with Gasteiger partial charge in [0.2, 0.25) is 0 Å². The summed E-state index contributed by atoms with van der Waals surface area (Å²) in [6.07, 6.45) is 1.61. The van der Waals surface area contributed by atoms with E-state index in [9.17, 15) is 9.00 Å². The molecule has 0 aliphatic carbocycles. The highest BCUT2D eigenvalue weighted by Crippen LogP contribution is 2.19. The van der Waals surface area contributed by atoms with E-state index in [1.54, 1.807) is 12.3 Å². The fourth-order valence-corrected chi connectivity index (χ4v) is 2.80. The van der Waals surface area contributed by atoms with Crippen LogP contribution < -0.4 is 11.1 Å². The van der Waals surface area contributed by atoms with Gasteiger partial charge in [0, 0.05) is 39.9 Å². The Balaban J connectivity index is 2.24. The Hall–Kier alpha value is -1.95. The molecule has 0 aliphatic heterocycles. The molecule has 2 aromatic rings. The third-order valence-corrected chi connectivity index (χ3v) is 3.81. The number of hydrogen-bond acceptors (Lipinski definition) is 4. The number of carbonyl (C=O) groups is 1. The maximum Gasteiger partial charge on any atom is 0.270 e. The summed E-state index contributed by atoms with van der Waals surface area (Å²) in [4.78, 5) is 16.4. The van der Waals surface area contributed by atoms with Gasteiger partial charge < -0.3 is 11.1 Å². The number of aromatic nitrogens is 1. The van der Waals surface area contributed by atoms with Crippen LogP contribution in [0.3, 0.4) is 0 Å². The number of amides is 1. The van der Waals surface area contributed by atoms with Gasteiger partial charge >= 0.3 is 0 Å². The lowest BCUT2D eigenvalue weighted by Gasteiger charge is -2.12. The monoisotopic (exact) mass is 291 g/mol. The van der Waals surface area contributed by atoms with Gasteiger partial charge in [-0.25, -0.2) is 4.98 Å². The van der Waals surface area contributed by atoms with E-state index in [4.69, 9.17) is 5.73 Å². The van der Waals surface area contributed by atoms with Crippen LogP contribution >= 0.6 is 0 Å². The summed E-state index contributed by atoms with van der Waals surface area (Å²) in [6.45, 7) is 1.81. The molecule has 0 fully saturated rings. The molecule has 0 spiro atoms. The Morgan fingerprint density at radius 2 is 2.15 bits per heavy atom. The molecule has 1 amide bonds. The number of para-hydroxylation sites is 1. The fraction of sp³-hybridized carbons (Fsp3) is 0.286. The van der Waals surface area contributed by atoms with E-state index in [1.807, 2.05) is 31.2 Å². The van der Waals surface area contributed by atoms with Crippen molar-refractivity contribution in [2.24, 2.45) is 0 Å². The normalized spacial score (nSPS) is 13.9. The third kappa shape index (κ3) is 3.33. The van der Waals surface area contributed by atoms with Crippen LogP contribution in [0.15, 0.2) is 30.3 Å². The number of benzene rings is 1. The lowest BCUT2D eigenvalue weighted by Crippen LogP contribution is -2.36. The number of anilines is 1. The molecular formula is C14H17N3O2S. The van der Waals surface area contributed by atoms with E-state index < -0.39 is 10.8 Å². The molecule has 1 aromatic heterocycles. The molecule has 0 radical (unpaired) electrons. The summed E-state index contributed by atoms with van der Waals surface area (Å²) in [5.41, 5.74) is 7.42. The van der Waals surface area contributed by atoms with Gasteiger partial charge in [-0.15, -0.1) is 0 Å². The third-order valence-electron chi connectivity index (χ3n) is 2.84. The van der Waals surface area contributed by atoms with Gasteiger partial charge in [-0.2, -0.15) is 0 Å². The van der Waals surface area contributed by atoms with Crippen molar-refractivity contribution in [2.75, 3.05) is 17.7 Å². The number of pyridine rings is 1. The number of nitrogens with two attached hydrogens (primary N) is 1. The molecule has 106 valence electrons. The second-order valence-electron chi connectivity index (χ2n) is 4.73. The summed E-state index contributed by atoms with van der Waals surface area (Å²) >= 11 is 0. The quantitative estimate of drug-likeness (QED) is 0.889. The molecule has 1 aromatic carbocycles. The second-order valence-corrected chi connectivity index (χ2v) is 6.21. The second kappa shape index (κ2) is 6.00. The zero-order valence-corrected chi connectivity index (χ0v) is 12.2. The Morgan fingerprint density at radius 1 is 1.45 bits per heavy atom. The molecule has 0 saturated heterocycles. The van der Waals surface area contributed by atoms with E-state index in [2.05, 4.69) is 10.3 Å². The molecule has 0 bridgehead atoms. The van der Waals surface area contributed by atoms with E-state index in [0.29, 0.717) is 17.0 Å². The molecule has 2 unspecified atom stereocenters. The van der Waals surface area contributed by atoms with Crippen LogP contribution in [-0.2, 0) is 10.8 Å². The maximum atomic E-state index is 12.1. The van der Waals surface area contributed by atoms with Crippen molar-refractivity contribution in [3.63, 3.8) is 0 Å². The molecule has 2 rings (SSSR count). The zero-order valence-electron chi connectivity index (χ0n) is 11.4. The molecule has 6 heteroatoms. The van der Waals surface area contributed by atoms with Gasteiger partial charge in [0.25, 0.3) is 5.91 Å². The van der Waals surface area contributed by atoms with Gasteiger partial charge in [0.05, 0.1) is 5.52 Å². The minimum absolute atomic E-state index is 0.178. The topological polar surface area (TPSA) is 85.1 Å². The van der Waals surface area contributed by atoms with Crippen molar-refractivity contribution in [3.8, 4) is 0 Å². The van der Waals surface area contributed by atoms with Gasteiger partial charge in [-0.1, -0.05) is 18.2 Å². The molecule has 20 heavy (non-hydrogen) atoms. The van der Waals surface area contributed by atoms with Gasteiger partial charge in [0.1, 0.15) is 5.69 Å². The molecule has 5 nitrogen and oxygen atoms in total. The van der Waals surface area contributed by atoms with Crippen molar-refractivity contribution >= 4 is 33.3 Å². The lowest BCUT2D eigenvalue weighted by atomic mass is 10.1. The number of hydrogen-bond donors (Lipinski definition) is 2. The van der Waals surface area contributed by atoms with Crippen molar-refractivity contribution in [2.45, 2.75) is 13.0 Å². The number of rotatable bonds is 4. The smallest absolute Gasteiger partial charge is 0.270 e. The van der Waals surface area contributed by atoms with Crippen molar-refractivity contribution in [3.05, 3.63) is 36.0 Å².